The molecule has 0 unspecified atom stereocenters. The van der Waals surface area contributed by atoms with Crippen molar-refractivity contribution in [1.29, 1.82) is 0 Å². The van der Waals surface area contributed by atoms with E-state index in [0.29, 0.717) is 0 Å². The SMILES string of the molecule is O=C(NCc1ccc(-n2cccn2)cc1)c1cnc2ccccc2c1C(F)(F)F. The zero-order chi connectivity index (χ0) is 20.4. The number of carbonyl (C=O) groups excluding carboxylic acids is 1. The van der Waals surface area contributed by atoms with Crippen molar-refractivity contribution in [2.75, 3.05) is 0 Å². The molecule has 0 fully saturated rings. The first-order chi connectivity index (χ1) is 13.9. The molecule has 0 aliphatic rings. The number of pyridine rings is 1. The van der Waals surface area contributed by atoms with Crippen LogP contribution in [0.3, 0.4) is 0 Å². The Kier molecular flexibility index (Phi) is 4.75. The highest BCUT2D eigenvalue weighted by atomic mass is 19.4. The third-order valence-electron chi connectivity index (χ3n) is 4.46. The average Bonchev–Trinajstić information content (AvgIpc) is 3.25. The van der Waals surface area contributed by atoms with Crippen molar-refractivity contribution in [2.24, 2.45) is 0 Å². The summed E-state index contributed by atoms with van der Waals surface area (Å²) in [5.41, 5.74) is 0.296. The molecule has 8 heteroatoms. The Morgan fingerprint density at radius 1 is 1.03 bits per heavy atom. The second-order valence-corrected chi connectivity index (χ2v) is 6.36. The zero-order valence-corrected chi connectivity index (χ0v) is 15.0. The van der Waals surface area contributed by atoms with Crippen LogP contribution in [0.5, 0.6) is 0 Å². The van der Waals surface area contributed by atoms with Crippen molar-refractivity contribution in [3.63, 3.8) is 0 Å². The number of benzene rings is 2. The van der Waals surface area contributed by atoms with E-state index in [9.17, 15) is 18.0 Å². The van der Waals surface area contributed by atoms with Gasteiger partial charge >= 0.3 is 6.18 Å². The topological polar surface area (TPSA) is 59.8 Å². The van der Waals surface area contributed by atoms with Gasteiger partial charge in [0.25, 0.3) is 5.91 Å². The number of carbonyl (C=O) groups is 1. The van der Waals surface area contributed by atoms with Crippen molar-refractivity contribution in [3.05, 3.63) is 89.9 Å². The molecule has 0 spiro atoms. The number of aromatic nitrogens is 3. The molecule has 0 saturated carbocycles. The van der Waals surface area contributed by atoms with Gasteiger partial charge in [0.2, 0.25) is 0 Å². The lowest BCUT2D eigenvalue weighted by atomic mass is 10.0. The number of nitrogens with zero attached hydrogens (tertiary/aromatic N) is 3. The molecule has 5 nitrogen and oxygen atoms in total. The van der Waals surface area contributed by atoms with E-state index in [0.717, 1.165) is 17.4 Å². The molecule has 4 aromatic rings. The molecule has 0 aliphatic heterocycles. The fraction of sp³-hybridized carbons (Fsp3) is 0.0952. The number of para-hydroxylation sites is 1. The summed E-state index contributed by atoms with van der Waals surface area (Å²) in [7, 11) is 0. The van der Waals surface area contributed by atoms with Gasteiger partial charge in [-0.1, -0.05) is 30.3 Å². The van der Waals surface area contributed by atoms with Crippen molar-refractivity contribution in [3.8, 4) is 5.69 Å². The number of alkyl halides is 3. The molecule has 0 atom stereocenters. The second kappa shape index (κ2) is 7.38. The molecule has 146 valence electrons. The lowest BCUT2D eigenvalue weighted by Crippen LogP contribution is -2.26. The first-order valence-corrected chi connectivity index (χ1v) is 8.75. The number of hydrogen-bond donors (Lipinski definition) is 1. The summed E-state index contributed by atoms with van der Waals surface area (Å²) in [4.78, 5) is 16.5. The molecule has 1 amide bonds. The molecule has 0 saturated heterocycles. The molecule has 29 heavy (non-hydrogen) atoms. The van der Waals surface area contributed by atoms with Gasteiger partial charge in [0.15, 0.2) is 0 Å². The lowest BCUT2D eigenvalue weighted by Gasteiger charge is -2.15. The Morgan fingerprint density at radius 2 is 1.79 bits per heavy atom. The summed E-state index contributed by atoms with van der Waals surface area (Å²) in [6.45, 7) is 0.0857. The minimum Gasteiger partial charge on any atom is -0.348 e. The third kappa shape index (κ3) is 3.82. The molecule has 0 radical (unpaired) electrons. The van der Waals surface area contributed by atoms with Crippen molar-refractivity contribution in [1.82, 2.24) is 20.1 Å². The third-order valence-corrected chi connectivity index (χ3v) is 4.46. The summed E-state index contributed by atoms with van der Waals surface area (Å²) in [5.74, 6) is -0.827. The summed E-state index contributed by atoms with van der Waals surface area (Å²) < 4.78 is 42.7. The molecule has 2 aromatic heterocycles. The van der Waals surface area contributed by atoms with E-state index in [1.807, 2.05) is 12.1 Å². The van der Waals surface area contributed by atoms with E-state index in [1.165, 1.54) is 18.2 Å². The van der Waals surface area contributed by atoms with Gasteiger partial charge in [-0.05, 0) is 29.8 Å². The van der Waals surface area contributed by atoms with Crippen LogP contribution in [-0.2, 0) is 12.7 Å². The van der Waals surface area contributed by atoms with Gasteiger partial charge in [-0.25, -0.2) is 4.68 Å². The fourth-order valence-corrected chi connectivity index (χ4v) is 3.08. The predicted molar refractivity (Wildman–Crippen MR) is 101 cm³/mol. The maximum Gasteiger partial charge on any atom is 0.417 e. The molecule has 2 heterocycles. The molecule has 4 rings (SSSR count). The molecular formula is C21H15F3N4O. The van der Waals surface area contributed by atoms with Gasteiger partial charge in [-0.2, -0.15) is 18.3 Å². The van der Waals surface area contributed by atoms with E-state index >= 15 is 0 Å². The Labute approximate surface area is 163 Å². The predicted octanol–water partition coefficient (Wildman–Crippen LogP) is 4.37. The van der Waals surface area contributed by atoms with E-state index in [2.05, 4.69) is 15.4 Å². The molecular weight excluding hydrogens is 381 g/mol. The number of halogens is 3. The smallest absolute Gasteiger partial charge is 0.348 e. The Bertz CT molecular complexity index is 1150. The minimum absolute atomic E-state index is 0.0857. The summed E-state index contributed by atoms with van der Waals surface area (Å²) >= 11 is 0. The summed E-state index contributed by atoms with van der Waals surface area (Å²) in [5, 5.41) is 6.57. The second-order valence-electron chi connectivity index (χ2n) is 6.36. The van der Waals surface area contributed by atoms with E-state index in [1.54, 1.807) is 41.3 Å². The normalized spacial score (nSPS) is 11.6. The maximum atomic E-state index is 13.7. The van der Waals surface area contributed by atoms with Crippen LogP contribution < -0.4 is 5.32 Å². The van der Waals surface area contributed by atoms with Gasteiger partial charge in [0.05, 0.1) is 22.3 Å². The van der Waals surface area contributed by atoms with Crippen molar-refractivity contribution in [2.45, 2.75) is 12.7 Å². The largest absolute Gasteiger partial charge is 0.417 e. The molecule has 0 aliphatic carbocycles. The summed E-state index contributed by atoms with van der Waals surface area (Å²) in [6, 6.07) is 14.9. The average molecular weight is 396 g/mol. The van der Waals surface area contributed by atoms with Gasteiger partial charge in [-0.15, -0.1) is 0 Å². The number of rotatable bonds is 4. The van der Waals surface area contributed by atoms with Crippen LogP contribution in [0.25, 0.3) is 16.6 Å². The van der Waals surface area contributed by atoms with Crippen LogP contribution in [-0.4, -0.2) is 20.7 Å². The highest BCUT2D eigenvalue weighted by Crippen LogP contribution is 2.36. The Morgan fingerprint density at radius 3 is 2.48 bits per heavy atom. The number of fused-ring (bicyclic) bond motifs is 1. The number of nitrogens with one attached hydrogen (secondary N) is 1. The zero-order valence-electron chi connectivity index (χ0n) is 15.0. The Hall–Kier alpha value is -3.68. The quantitative estimate of drug-likeness (QED) is 0.557. The van der Waals surface area contributed by atoms with Crippen LogP contribution in [0.15, 0.2) is 73.2 Å². The Balaban J connectivity index is 1.56. The van der Waals surface area contributed by atoms with Gasteiger partial charge in [0, 0.05) is 30.5 Å². The summed E-state index contributed by atoms with van der Waals surface area (Å²) in [6.07, 6.45) is -0.256. The first kappa shape index (κ1) is 18.7. The van der Waals surface area contributed by atoms with Gasteiger partial charge in [-0.3, -0.25) is 9.78 Å². The molecule has 1 N–H and O–H groups in total. The van der Waals surface area contributed by atoms with Crippen molar-refractivity contribution < 1.29 is 18.0 Å². The molecule has 2 aromatic carbocycles. The van der Waals surface area contributed by atoms with Gasteiger partial charge in [0.1, 0.15) is 0 Å². The van der Waals surface area contributed by atoms with Crippen LogP contribution >= 0.6 is 0 Å². The maximum absolute atomic E-state index is 13.7. The van der Waals surface area contributed by atoms with Crippen LogP contribution in [0.4, 0.5) is 13.2 Å². The van der Waals surface area contributed by atoms with E-state index in [-0.39, 0.29) is 17.4 Å². The van der Waals surface area contributed by atoms with Crippen LogP contribution in [0.1, 0.15) is 21.5 Å². The monoisotopic (exact) mass is 396 g/mol. The molecule has 0 bridgehead atoms. The van der Waals surface area contributed by atoms with E-state index < -0.39 is 23.2 Å². The first-order valence-electron chi connectivity index (χ1n) is 8.75. The van der Waals surface area contributed by atoms with E-state index in [4.69, 9.17) is 0 Å². The van der Waals surface area contributed by atoms with Crippen LogP contribution in [0, 0.1) is 0 Å². The van der Waals surface area contributed by atoms with Crippen molar-refractivity contribution >= 4 is 16.8 Å². The number of amides is 1. The fourth-order valence-electron chi connectivity index (χ4n) is 3.08. The number of hydrogen-bond acceptors (Lipinski definition) is 3. The van der Waals surface area contributed by atoms with Crippen LogP contribution in [0.2, 0.25) is 0 Å². The minimum atomic E-state index is -4.68. The lowest BCUT2D eigenvalue weighted by molar-refractivity contribution is -0.136. The standard InChI is InChI=1S/C21H15F3N4O/c22-21(23,24)19-16-4-1-2-5-18(16)25-13-17(19)20(29)26-12-14-6-8-15(9-7-14)28-11-3-10-27-28/h1-11,13H,12H2,(H,26,29). The highest BCUT2D eigenvalue weighted by Gasteiger charge is 2.37. The highest BCUT2D eigenvalue weighted by molar-refractivity contribution is 6.00. The van der Waals surface area contributed by atoms with Gasteiger partial charge < -0.3 is 5.32 Å².